The van der Waals surface area contributed by atoms with Crippen molar-refractivity contribution in [3.63, 3.8) is 0 Å². The number of rotatable bonds is 5. The average molecular weight is 245 g/mol. The Bertz CT molecular complexity index is 466. The van der Waals surface area contributed by atoms with Crippen LogP contribution in [-0.2, 0) is 5.54 Å². The van der Waals surface area contributed by atoms with Crippen molar-refractivity contribution < 1.29 is 5.11 Å². The first-order valence-corrected chi connectivity index (χ1v) is 6.30. The number of para-hydroxylation sites is 1. The predicted octanol–water partition coefficient (Wildman–Crippen LogP) is 3.23. The third-order valence-corrected chi connectivity index (χ3v) is 3.75. The average Bonchev–Trinajstić information content (AvgIpc) is 2.92. The molecule has 0 amide bonds. The fourth-order valence-corrected chi connectivity index (χ4v) is 2.58. The van der Waals surface area contributed by atoms with Gasteiger partial charge in [-0.2, -0.15) is 0 Å². The molecule has 0 saturated carbocycles. The molecule has 3 heteroatoms. The van der Waals surface area contributed by atoms with Crippen LogP contribution in [0, 0.1) is 0 Å². The number of thiophene rings is 1. The Morgan fingerprint density at radius 1 is 1.24 bits per heavy atom. The van der Waals surface area contributed by atoms with E-state index in [-0.39, 0.29) is 6.61 Å². The largest absolute Gasteiger partial charge is 0.393 e. The fourth-order valence-electron chi connectivity index (χ4n) is 1.71. The van der Waals surface area contributed by atoms with Gasteiger partial charge < -0.3 is 10.4 Å². The van der Waals surface area contributed by atoms with Gasteiger partial charge in [-0.3, -0.25) is 0 Å². The topological polar surface area (TPSA) is 32.3 Å². The van der Waals surface area contributed by atoms with Gasteiger partial charge in [0.25, 0.3) is 0 Å². The lowest BCUT2D eigenvalue weighted by molar-refractivity contribution is 0.243. The summed E-state index contributed by atoms with van der Waals surface area (Å²) >= 11 is 1.60. The van der Waals surface area contributed by atoms with Gasteiger partial charge in [-0.25, -0.2) is 0 Å². The molecule has 2 aromatic rings. The van der Waals surface area contributed by atoms with Gasteiger partial charge >= 0.3 is 0 Å². The highest BCUT2D eigenvalue weighted by Crippen LogP contribution is 2.30. The molecule has 2 N–H and O–H groups in total. The molecule has 0 fully saturated rings. The second-order valence-electron chi connectivity index (χ2n) is 3.80. The highest BCUT2D eigenvalue weighted by molar-refractivity contribution is 7.10. The molecule has 0 radical (unpaired) electrons. The number of benzene rings is 1. The van der Waals surface area contributed by atoms with E-state index in [9.17, 15) is 5.11 Å². The standard InChI is InChI=1S/C14H15NOS/c1-2-14(11-16,13-9-6-10-17-13)15-12-7-4-3-5-8-12/h2-10,15-16H,1,11H2/t14-/m0/s1. The lowest BCUT2D eigenvalue weighted by Gasteiger charge is -2.29. The summed E-state index contributed by atoms with van der Waals surface area (Å²) in [4.78, 5) is 1.05. The van der Waals surface area contributed by atoms with Gasteiger partial charge in [0.05, 0.1) is 6.61 Å². The molecule has 2 nitrogen and oxygen atoms in total. The first-order valence-electron chi connectivity index (χ1n) is 5.42. The third kappa shape index (κ3) is 2.40. The summed E-state index contributed by atoms with van der Waals surface area (Å²) in [6.07, 6.45) is 1.76. The Morgan fingerprint density at radius 3 is 2.53 bits per heavy atom. The third-order valence-electron chi connectivity index (χ3n) is 2.70. The Morgan fingerprint density at radius 2 is 2.00 bits per heavy atom. The van der Waals surface area contributed by atoms with Crippen LogP contribution in [0.15, 0.2) is 60.5 Å². The molecule has 1 heterocycles. The molecule has 0 unspecified atom stereocenters. The van der Waals surface area contributed by atoms with Gasteiger partial charge in [0.15, 0.2) is 0 Å². The van der Waals surface area contributed by atoms with E-state index in [1.807, 2.05) is 47.8 Å². The summed E-state index contributed by atoms with van der Waals surface area (Å²) in [7, 11) is 0. The van der Waals surface area contributed by atoms with Crippen LogP contribution in [0.5, 0.6) is 0 Å². The fraction of sp³-hybridized carbons (Fsp3) is 0.143. The van der Waals surface area contributed by atoms with Crippen LogP contribution in [0.1, 0.15) is 4.88 Å². The zero-order chi connectivity index (χ0) is 12.1. The van der Waals surface area contributed by atoms with Gasteiger partial charge in [-0.05, 0) is 23.6 Å². The van der Waals surface area contributed by atoms with E-state index in [1.165, 1.54) is 0 Å². The van der Waals surface area contributed by atoms with E-state index in [0.29, 0.717) is 0 Å². The lowest BCUT2D eigenvalue weighted by Crippen LogP contribution is -2.36. The van der Waals surface area contributed by atoms with Gasteiger partial charge in [0, 0.05) is 10.6 Å². The Labute approximate surface area is 105 Å². The molecule has 0 aliphatic rings. The number of anilines is 1. The maximum Gasteiger partial charge on any atom is 0.113 e. The quantitative estimate of drug-likeness (QED) is 0.793. The highest BCUT2D eigenvalue weighted by Gasteiger charge is 2.28. The molecular weight excluding hydrogens is 230 g/mol. The van der Waals surface area contributed by atoms with Crippen LogP contribution in [-0.4, -0.2) is 11.7 Å². The van der Waals surface area contributed by atoms with Crippen LogP contribution in [0.3, 0.4) is 0 Å². The summed E-state index contributed by atoms with van der Waals surface area (Å²) < 4.78 is 0. The van der Waals surface area contributed by atoms with Crippen molar-refractivity contribution in [1.82, 2.24) is 0 Å². The molecule has 1 aromatic heterocycles. The smallest absolute Gasteiger partial charge is 0.113 e. The molecule has 17 heavy (non-hydrogen) atoms. The highest BCUT2D eigenvalue weighted by atomic mass is 32.1. The van der Waals surface area contributed by atoms with E-state index < -0.39 is 5.54 Å². The van der Waals surface area contributed by atoms with Crippen LogP contribution >= 0.6 is 11.3 Å². The summed E-state index contributed by atoms with van der Waals surface area (Å²) in [5.41, 5.74) is 0.366. The van der Waals surface area contributed by atoms with Crippen molar-refractivity contribution >= 4 is 17.0 Å². The van der Waals surface area contributed by atoms with Gasteiger partial charge in [0.2, 0.25) is 0 Å². The van der Waals surface area contributed by atoms with Gasteiger partial charge in [0.1, 0.15) is 5.54 Å². The van der Waals surface area contributed by atoms with Crippen LogP contribution in [0.25, 0.3) is 0 Å². The van der Waals surface area contributed by atoms with Crippen LogP contribution in [0.4, 0.5) is 5.69 Å². The van der Waals surface area contributed by atoms with Crippen molar-refractivity contribution in [2.75, 3.05) is 11.9 Å². The Kier molecular flexibility index (Phi) is 3.61. The molecule has 0 bridgehead atoms. The lowest BCUT2D eigenvalue weighted by atomic mass is 9.98. The van der Waals surface area contributed by atoms with Crippen molar-refractivity contribution in [1.29, 1.82) is 0 Å². The Balaban J connectivity index is 2.33. The second-order valence-corrected chi connectivity index (χ2v) is 4.75. The molecule has 0 aliphatic heterocycles. The monoisotopic (exact) mass is 245 g/mol. The van der Waals surface area contributed by atoms with Gasteiger partial charge in [-0.15, -0.1) is 17.9 Å². The van der Waals surface area contributed by atoms with Crippen LogP contribution in [0.2, 0.25) is 0 Å². The molecular formula is C14H15NOS. The first kappa shape index (κ1) is 11.9. The number of aliphatic hydroxyl groups excluding tert-OH is 1. The summed E-state index contributed by atoms with van der Waals surface area (Å²) in [5, 5.41) is 15.0. The van der Waals surface area contributed by atoms with Crippen molar-refractivity contribution in [2.24, 2.45) is 0 Å². The minimum atomic E-state index is -0.602. The number of hydrogen-bond donors (Lipinski definition) is 2. The summed E-state index contributed by atoms with van der Waals surface area (Å²) in [6, 6.07) is 13.8. The normalized spacial score (nSPS) is 13.9. The summed E-state index contributed by atoms with van der Waals surface area (Å²) in [6.45, 7) is 3.82. The molecule has 1 aromatic carbocycles. The SMILES string of the molecule is C=C[C@@](CO)(Nc1ccccc1)c1cccs1. The molecule has 1 atom stereocenters. The van der Waals surface area contributed by atoms with Crippen molar-refractivity contribution in [3.8, 4) is 0 Å². The maximum absolute atomic E-state index is 9.68. The van der Waals surface area contributed by atoms with E-state index in [1.54, 1.807) is 17.4 Å². The molecule has 0 saturated heterocycles. The summed E-state index contributed by atoms with van der Waals surface area (Å²) in [5.74, 6) is 0. The van der Waals surface area contributed by atoms with E-state index >= 15 is 0 Å². The minimum absolute atomic E-state index is 0.0219. The molecule has 0 spiro atoms. The molecule has 0 aliphatic carbocycles. The molecule has 2 rings (SSSR count). The zero-order valence-corrected chi connectivity index (χ0v) is 10.3. The first-order chi connectivity index (χ1) is 8.30. The van der Waals surface area contributed by atoms with Crippen molar-refractivity contribution in [2.45, 2.75) is 5.54 Å². The van der Waals surface area contributed by atoms with Crippen molar-refractivity contribution in [3.05, 3.63) is 65.4 Å². The van der Waals surface area contributed by atoms with E-state index in [0.717, 1.165) is 10.6 Å². The zero-order valence-electron chi connectivity index (χ0n) is 9.47. The number of hydrogen-bond acceptors (Lipinski definition) is 3. The number of nitrogens with one attached hydrogen (secondary N) is 1. The van der Waals surface area contributed by atoms with E-state index in [2.05, 4.69) is 11.9 Å². The Hall–Kier alpha value is -1.58. The minimum Gasteiger partial charge on any atom is -0.393 e. The van der Waals surface area contributed by atoms with E-state index in [4.69, 9.17) is 0 Å². The predicted molar refractivity (Wildman–Crippen MR) is 73.3 cm³/mol. The van der Waals surface area contributed by atoms with Crippen LogP contribution < -0.4 is 5.32 Å². The van der Waals surface area contributed by atoms with Gasteiger partial charge in [-0.1, -0.05) is 30.3 Å². The number of aliphatic hydroxyl groups is 1. The maximum atomic E-state index is 9.68. The molecule has 88 valence electrons. The second kappa shape index (κ2) is 5.17.